The second-order valence-electron chi connectivity index (χ2n) is 9.67. The van der Waals surface area contributed by atoms with Crippen LogP contribution in [-0.4, -0.2) is 64.9 Å². The van der Waals surface area contributed by atoms with Crippen LogP contribution in [0.3, 0.4) is 0 Å². The number of aliphatic imine (C=N–C) groups is 1. The molecule has 0 aliphatic carbocycles. The van der Waals surface area contributed by atoms with E-state index in [1.807, 2.05) is 0 Å². The zero-order valence-electron chi connectivity index (χ0n) is 22.7. The lowest BCUT2D eigenvalue weighted by Crippen LogP contribution is -2.53. The highest BCUT2D eigenvalue weighted by Gasteiger charge is 2.29. The number of guanidine groups is 2. The Morgan fingerprint density at radius 1 is 0.973 bits per heavy atom. The van der Waals surface area contributed by atoms with Gasteiger partial charge in [-0.15, -0.1) is 0 Å². The molecule has 3 atom stereocenters. The van der Waals surface area contributed by atoms with Crippen molar-refractivity contribution in [2.45, 2.75) is 109 Å². The number of hydrogen-bond acceptors (Lipinski definition) is 6. The molecular weight excluding hydrogens is 476 g/mol. The fraction of sp³-hybridized carbons (Fsp3) is 0.800. The molecule has 12 nitrogen and oxygen atoms in total. The Hall–Kier alpha value is -2.89. The van der Waals surface area contributed by atoms with Crippen molar-refractivity contribution in [1.82, 2.24) is 10.2 Å². The molecule has 0 aromatic carbocycles. The SMILES string of the molecule is CCC(C)[C@H](N)CCCCCN(C(=N)N)C(=O)[C@H](CC(=O)O)NC(=O)CCCCCCCCN=C(N)N. The van der Waals surface area contributed by atoms with Gasteiger partial charge < -0.3 is 33.4 Å². The van der Waals surface area contributed by atoms with Crippen LogP contribution < -0.4 is 28.3 Å². The number of nitrogens with two attached hydrogens (primary N) is 4. The number of carboxylic acids is 1. The zero-order chi connectivity index (χ0) is 28.2. The van der Waals surface area contributed by atoms with Crippen molar-refractivity contribution in [3.63, 3.8) is 0 Å². The van der Waals surface area contributed by atoms with E-state index in [9.17, 15) is 19.5 Å². The van der Waals surface area contributed by atoms with Gasteiger partial charge in [-0.2, -0.15) is 0 Å². The number of carbonyl (C=O) groups excluding carboxylic acids is 2. The minimum atomic E-state index is -1.27. The van der Waals surface area contributed by atoms with E-state index in [4.69, 9.17) is 28.3 Å². The van der Waals surface area contributed by atoms with Crippen LogP contribution >= 0.6 is 0 Å². The molecular formula is C25H50N8O4. The number of hydrogen-bond donors (Lipinski definition) is 7. The Morgan fingerprint density at radius 3 is 2.14 bits per heavy atom. The van der Waals surface area contributed by atoms with Crippen LogP contribution in [-0.2, 0) is 14.4 Å². The van der Waals surface area contributed by atoms with Gasteiger partial charge in [0.15, 0.2) is 11.9 Å². The Kier molecular flexibility index (Phi) is 18.6. The summed E-state index contributed by atoms with van der Waals surface area (Å²) in [4.78, 5) is 41.7. The molecule has 214 valence electrons. The van der Waals surface area contributed by atoms with E-state index >= 15 is 0 Å². The van der Waals surface area contributed by atoms with Crippen molar-refractivity contribution in [3.8, 4) is 0 Å². The number of rotatable bonds is 21. The third-order valence-corrected chi connectivity index (χ3v) is 6.47. The highest BCUT2D eigenvalue weighted by atomic mass is 16.4. The van der Waals surface area contributed by atoms with Gasteiger partial charge in [-0.05, 0) is 31.6 Å². The summed E-state index contributed by atoms with van der Waals surface area (Å²) in [6.45, 7) is 5.01. The third-order valence-electron chi connectivity index (χ3n) is 6.47. The molecule has 0 aromatic rings. The van der Waals surface area contributed by atoms with Gasteiger partial charge in [0.05, 0.1) is 6.42 Å². The van der Waals surface area contributed by atoms with E-state index in [1.165, 1.54) is 0 Å². The zero-order valence-corrected chi connectivity index (χ0v) is 22.7. The van der Waals surface area contributed by atoms with E-state index in [2.05, 4.69) is 24.2 Å². The van der Waals surface area contributed by atoms with Crippen LogP contribution in [0.25, 0.3) is 0 Å². The molecule has 0 bridgehead atoms. The molecule has 0 aliphatic rings. The summed E-state index contributed by atoms with van der Waals surface area (Å²) in [5, 5.41) is 19.6. The molecule has 0 spiro atoms. The average molecular weight is 527 g/mol. The maximum Gasteiger partial charge on any atom is 0.305 e. The van der Waals surface area contributed by atoms with E-state index in [0.29, 0.717) is 25.3 Å². The van der Waals surface area contributed by atoms with Crippen molar-refractivity contribution in [2.24, 2.45) is 33.8 Å². The van der Waals surface area contributed by atoms with Crippen molar-refractivity contribution in [2.75, 3.05) is 13.1 Å². The first-order valence-corrected chi connectivity index (χ1v) is 13.5. The molecule has 1 unspecified atom stereocenters. The maximum absolute atomic E-state index is 13.0. The van der Waals surface area contributed by atoms with Gasteiger partial charge in [0.1, 0.15) is 6.04 Å². The number of carboxylic acid groups (broad SMARTS) is 1. The smallest absolute Gasteiger partial charge is 0.305 e. The topological polar surface area (TPSA) is 227 Å². The van der Waals surface area contributed by atoms with Gasteiger partial charge in [-0.3, -0.25) is 29.7 Å². The van der Waals surface area contributed by atoms with E-state index in [-0.39, 0.29) is 25.0 Å². The fourth-order valence-electron chi connectivity index (χ4n) is 3.91. The second kappa shape index (κ2) is 20.2. The number of nitrogens with one attached hydrogen (secondary N) is 2. The molecule has 0 aliphatic heterocycles. The standard InChI is InChI=1S/C25H50N8O4/c1-3-18(2)19(26)13-9-8-12-16-33(25(29)30)23(37)20(17-22(35)36)32-21(34)14-10-6-4-5-7-11-15-31-24(27)28/h18-20H,3-17,26H2,1-2H3,(H3,29,30)(H,32,34)(H,35,36)(H4,27,28,31)/t18?,19-,20+/m1/s1. The van der Waals surface area contributed by atoms with Crippen LogP contribution in [0.2, 0.25) is 0 Å². The van der Waals surface area contributed by atoms with Crippen LogP contribution in [0.5, 0.6) is 0 Å². The summed E-state index contributed by atoms with van der Waals surface area (Å²) in [7, 11) is 0. The maximum atomic E-state index is 13.0. The first-order chi connectivity index (χ1) is 17.5. The highest BCUT2D eigenvalue weighted by Crippen LogP contribution is 2.13. The Labute approximate surface area is 221 Å². The molecule has 12 heteroatoms. The molecule has 0 saturated heterocycles. The molecule has 37 heavy (non-hydrogen) atoms. The quantitative estimate of drug-likeness (QED) is 0.0658. The summed E-state index contributed by atoms with van der Waals surface area (Å²) in [5.41, 5.74) is 22.3. The summed E-state index contributed by atoms with van der Waals surface area (Å²) < 4.78 is 0. The van der Waals surface area contributed by atoms with Crippen molar-refractivity contribution in [3.05, 3.63) is 0 Å². The van der Waals surface area contributed by atoms with Gasteiger partial charge in [0.2, 0.25) is 5.91 Å². The van der Waals surface area contributed by atoms with Gasteiger partial charge in [-0.25, -0.2) is 0 Å². The Morgan fingerprint density at radius 2 is 1.57 bits per heavy atom. The molecule has 0 saturated carbocycles. The van der Waals surface area contributed by atoms with Crippen LogP contribution in [0, 0.1) is 11.3 Å². The van der Waals surface area contributed by atoms with Gasteiger partial charge in [0.25, 0.3) is 5.91 Å². The first-order valence-electron chi connectivity index (χ1n) is 13.5. The lowest BCUT2D eigenvalue weighted by molar-refractivity contribution is -0.142. The number of aliphatic carboxylic acids is 1. The third kappa shape index (κ3) is 17.2. The van der Waals surface area contributed by atoms with E-state index < -0.39 is 36.2 Å². The molecule has 2 amide bonds. The molecule has 11 N–H and O–H groups in total. The minimum Gasteiger partial charge on any atom is -0.481 e. The summed E-state index contributed by atoms with van der Waals surface area (Å²) >= 11 is 0. The Balaban J connectivity index is 4.57. The number of unbranched alkanes of at least 4 members (excludes halogenated alkanes) is 7. The summed E-state index contributed by atoms with van der Waals surface area (Å²) in [6, 6.07) is -1.15. The largest absolute Gasteiger partial charge is 0.481 e. The van der Waals surface area contributed by atoms with E-state index in [0.717, 1.165) is 62.7 Å². The monoisotopic (exact) mass is 526 g/mol. The molecule has 0 rings (SSSR count). The lowest BCUT2D eigenvalue weighted by Gasteiger charge is -2.26. The summed E-state index contributed by atoms with van der Waals surface area (Å²) in [5.74, 6) is -2.23. The van der Waals surface area contributed by atoms with Gasteiger partial charge in [0, 0.05) is 25.6 Å². The number of carbonyl (C=O) groups is 3. The average Bonchev–Trinajstić information content (AvgIpc) is 2.82. The predicted molar refractivity (Wildman–Crippen MR) is 147 cm³/mol. The fourth-order valence-corrected chi connectivity index (χ4v) is 3.91. The molecule has 0 aromatic heterocycles. The number of amides is 2. The van der Waals surface area contributed by atoms with Gasteiger partial charge in [-0.1, -0.05) is 58.8 Å². The Bertz CT molecular complexity index is 727. The first kappa shape index (κ1) is 34.1. The highest BCUT2D eigenvalue weighted by molar-refractivity contribution is 6.00. The number of nitrogens with zero attached hydrogens (tertiary/aromatic N) is 2. The van der Waals surface area contributed by atoms with Crippen molar-refractivity contribution in [1.29, 1.82) is 5.41 Å². The van der Waals surface area contributed by atoms with Crippen molar-refractivity contribution < 1.29 is 19.5 Å². The molecule has 0 fully saturated rings. The van der Waals surface area contributed by atoms with Crippen molar-refractivity contribution >= 4 is 29.7 Å². The molecule has 0 radical (unpaired) electrons. The second-order valence-corrected chi connectivity index (χ2v) is 9.67. The molecule has 0 heterocycles. The van der Waals surface area contributed by atoms with E-state index in [1.54, 1.807) is 0 Å². The van der Waals surface area contributed by atoms with Gasteiger partial charge >= 0.3 is 5.97 Å². The minimum absolute atomic E-state index is 0.0924. The van der Waals surface area contributed by atoms with Crippen LogP contribution in [0.1, 0.15) is 97.3 Å². The normalized spacial score (nSPS) is 13.3. The predicted octanol–water partition coefficient (Wildman–Crippen LogP) is 1.61. The van der Waals surface area contributed by atoms with Crippen LogP contribution in [0.15, 0.2) is 4.99 Å². The summed E-state index contributed by atoms with van der Waals surface area (Å²) in [6.07, 6.45) is 9.09. The lowest BCUT2D eigenvalue weighted by atomic mass is 9.95. The van der Waals surface area contributed by atoms with Crippen LogP contribution in [0.4, 0.5) is 0 Å².